The van der Waals surface area contributed by atoms with Gasteiger partial charge in [0.2, 0.25) is 0 Å². The van der Waals surface area contributed by atoms with Crippen molar-refractivity contribution in [3.8, 4) is 0 Å². The van der Waals surface area contributed by atoms with Gasteiger partial charge in [0.1, 0.15) is 0 Å². The van der Waals surface area contributed by atoms with Crippen molar-refractivity contribution in [3.05, 3.63) is 58.7 Å². The number of rotatable bonds is 5. The second kappa shape index (κ2) is 7.61. The molecule has 0 aliphatic carbocycles. The minimum absolute atomic E-state index is 0.0712. The molecule has 0 fully saturated rings. The molecule has 2 aromatic rings. The Kier molecular flexibility index (Phi) is 5.82. The Morgan fingerprint density at radius 3 is 1.25 bits per heavy atom. The third kappa shape index (κ3) is 4.16. The molecule has 28 heavy (non-hydrogen) atoms. The van der Waals surface area contributed by atoms with Crippen molar-refractivity contribution in [3.63, 3.8) is 0 Å². The second-order valence-electron chi connectivity index (χ2n) is 6.66. The van der Waals surface area contributed by atoms with E-state index in [-0.39, 0.29) is 11.4 Å². The highest BCUT2D eigenvalue weighted by Crippen LogP contribution is 2.36. The fourth-order valence-corrected chi connectivity index (χ4v) is 2.34. The first-order valence-electron chi connectivity index (χ1n) is 8.39. The molecule has 0 spiro atoms. The van der Waals surface area contributed by atoms with Crippen molar-refractivity contribution < 1.29 is 27.2 Å². The van der Waals surface area contributed by atoms with E-state index in [9.17, 15) is 27.2 Å². The highest BCUT2D eigenvalue weighted by atomic mass is 19.3. The molecule has 0 radical (unpaired) electrons. The summed E-state index contributed by atoms with van der Waals surface area (Å²) in [5.74, 6) is -15.0. The first kappa shape index (κ1) is 21.4. The summed E-state index contributed by atoms with van der Waals surface area (Å²) in [6.45, 7) is 6.88. The van der Waals surface area contributed by atoms with E-state index in [2.05, 4.69) is 0 Å². The van der Waals surface area contributed by atoms with Crippen molar-refractivity contribution in [2.45, 2.75) is 39.5 Å². The van der Waals surface area contributed by atoms with Crippen LogP contribution in [0.2, 0.25) is 0 Å². The maximum atomic E-state index is 14.1. The lowest BCUT2D eigenvalue weighted by molar-refractivity contribution is -0.204. The molecule has 0 aliphatic heterocycles. The van der Waals surface area contributed by atoms with Crippen molar-refractivity contribution in [1.29, 1.82) is 0 Å². The lowest BCUT2D eigenvalue weighted by Crippen LogP contribution is -2.56. The smallest absolute Gasteiger partial charge is 0.321 e. The third-order valence-electron chi connectivity index (χ3n) is 4.49. The number of carbonyl (C=O) groups excluding carboxylic acids is 2. The van der Waals surface area contributed by atoms with Gasteiger partial charge in [-0.15, -0.1) is 0 Å². The van der Waals surface area contributed by atoms with Crippen molar-refractivity contribution in [2.75, 3.05) is 10.6 Å². The van der Waals surface area contributed by atoms with Crippen molar-refractivity contribution in [1.82, 2.24) is 0 Å². The Bertz CT molecular complexity index is 851. The van der Waals surface area contributed by atoms with Gasteiger partial charge in [0.05, 0.1) is 0 Å². The van der Waals surface area contributed by atoms with E-state index in [0.717, 1.165) is 11.1 Å². The fourth-order valence-electron chi connectivity index (χ4n) is 2.34. The molecule has 0 bridgehead atoms. The number of nitrogens with one attached hydrogen (secondary N) is 2. The molecule has 2 N–H and O–H groups in total. The van der Waals surface area contributed by atoms with Crippen LogP contribution in [0, 0.1) is 27.7 Å². The van der Waals surface area contributed by atoms with Crippen LogP contribution in [-0.2, 0) is 9.59 Å². The summed E-state index contributed by atoms with van der Waals surface area (Å²) >= 11 is 0. The van der Waals surface area contributed by atoms with Crippen LogP contribution in [0.1, 0.15) is 22.3 Å². The number of amides is 2. The molecule has 2 aromatic carbocycles. The molecule has 0 heterocycles. The van der Waals surface area contributed by atoms with E-state index in [1.54, 1.807) is 50.5 Å². The Morgan fingerprint density at radius 1 is 0.643 bits per heavy atom. The SMILES string of the molecule is Cc1ccc(NC(=O)C(F)(F)C(F)(F)C(=O)Nc2ccc(C)c(C)c2)cc1C. The van der Waals surface area contributed by atoms with Gasteiger partial charge in [-0.3, -0.25) is 9.59 Å². The minimum atomic E-state index is -5.25. The molecular formula is C20H20F4N2O2. The lowest BCUT2D eigenvalue weighted by atomic mass is 10.1. The van der Waals surface area contributed by atoms with Crippen molar-refractivity contribution in [2.24, 2.45) is 0 Å². The van der Waals surface area contributed by atoms with E-state index in [0.29, 0.717) is 11.1 Å². The Labute approximate surface area is 159 Å². The molecular weight excluding hydrogens is 376 g/mol. The zero-order valence-corrected chi connectivity index (χ0v) is 15.8. The molecule has 0 saturated carbocycles. The quantitative estimate of drug-likeness (QED) is 0.716. The number of hydrogen-bond donors (Lipinski definition) is 2. The Hall–Kier alpha value is -2.90. The number of aryl methyl sites for hydroxylation is 4. The summed E-state index contributed by atoms with van der Waals surface area (Å²) in [5.41, 5.74) is 2.89. The van der Waals surface area contributed by atoms with Gasteiger partial charge in [-0.2, -0.15) is 17.6 Å². The van der Waals surface area contributed by atoms with E-state index in [4.69, 9.17) is 0 Å². The first-order valence-corrected chi connectivity index (χ1v) is 8.39. The normalized spacial score (nSPS) is 11.9. The standard InChI is InChI=1S/C20H20F4N2O2/c1-11-5-7-15(9-13(11)3)25-17(27)19(21,22)20(23,24)18(28)26-16-8-6-12(2)14(4)10-16/h5-10H,1-4H3,(H,25,27)(H,26,28). The summed E-state index contributed by atoms with van der Waals surface area (Å²) in [4.78, 5) is 23.6. The van der Waals surface area contributed by atoms with Crippen LogP contribution in [-0.4, -0.2) is 23.7 Å². The first-order chi connectivity index (χ1) is 12.9. The van der Waals surface area contributed by atoms with E-state index in [1.165, 1.54) is 24.3 Å². The molecule has 0 saturated heterocycles. The number of alkyl halides is 4. The maximum absolute atomic E-state index is 14.1. The van der Waals surface area contributed by atoms with Gasteiger partial charge in [-0.05, 0) is 74.2 Å². The van der Waals surface area contributed by atoms with E-state index in [1.807, 2.05) is 0 Å². The predicted molar refractivity (Wildman–Crippen MR) is 99.0 cm³/mol. The van der Waals surface area contributed by atoms with Crippen LogP contribution < -0.4 is 10.6 Å². The molecule has 2 rings (SSSR count). The second-order valence-corrected chi connectivity index (χ2v) is 6.66. The maximum Gasteiger partial charge on any atom is 0.396 e. The van der Waals surface area contributed by atoms with E-state index < -0.39 is 23.7 Å². The molecule has 0 aliphatic rings. The largest absolute Gasteiger partial charge is 0.396 e. The number of benzene rings is 2. The van der Waals surface area contributed by atoms with Crippen molar-refractivity contribution >= 4 is 23.2 Å². The van der Waals surface area contributed by atoms with Gasteiger partial charge >= 0.3 is 23.7 Å². The summed E-state index contributed by atoms with van der Waals surface area (Å²) < 4.78 is 56.5. The van der Waals surface area contributed by atoms with Gasteiger partial charge in [-0.1, -0.05) is 12.1 Å². The predicted octanol–water partition coefficient (Wildman–Crippen LogP) is 4.77. The molecule has 0 aromatic heterocycles. The van der Waals surface area contributed by atoms with Crippen LogP contribution in [0.5, 0.6) is 0 Å². The molecule has 150 valence electrons. The Balaban J connectivity index is 2.20. The topological polar surface area (TPSA) is 58.2 Å². The molecule has 8 heteroatoms. The molecule has 2 amide bonds. The summed E-state index contributed by atoms with van der Waals surface area (Å²) in [6.07, 6.45) is 0. The number of carbonyl (C=O) groups is 2. The molecule has 4 nitrogen and oxygen atoms in total. The summed E-state index contributed by atoms with van der Waals surface area (Å²) in [5, 5.41) is 3.49. The zero-order valence-electron chi connectivity index (χ0n) is 15.8. The lowest BCUT2D eigenvalue weighted by Gasteiger charge is -2.24. The van der Waals surface area contributed by atoms with Crippen LogP contribution in [0.4, 0.5) is 28.9 Å². The molecule has 0 unspecified atom stereocenters. The van der Waals surface area contributed by atoms with Gasteiger partial charge in [0.25, 0.3) is 0 Å². The minimum Gasteiger partial charge on any atom is -0.321 e. The highest BCUT2D eigenvalue weighted by Gasteiger charge is 2.67. The average molecular weight is 396 g/mol. The van der Waals surface area contributed by atoms with Gasteiger partial charge in [0, 0.05) is 11.4 Å². The third-order valence-corrected chi connectivity index (χ3v) is 4.49. The van der Waals surface area contributed by atoms with Crippen LogP contribution >= 0.6 is 0 Å². The van der Waals surface area contributed by atoms with Gasteiger partial charge < -0.3 is 10.6 Å². The Morgan fingerprint density at radius 2 is 0.964 bits per heavy atom. The highest BCUT2D eigenvalue weighted by molar-refractivity contribution is 6.05. The van der Waals surface area contributed by atoms with Crippen LogP contribution in [0.3, 0.4) is 0 Å². The summed E-state index contributed by atoms with van der Waals surface area (Å²) in [6, 6.07) is 8.46. The number of anilines is 2. The molecule has 0 atom stereocenters. The fraction of sp³-hybridized carbons (Fsp3) is 0.300. The van der Waals surface area contributed by atoms with Gasteiger partial charge in [0.15, 0.2) is 0 Å². The number of hydrogen-bond acceptors (Lipinski definition) is 2. The average Bonchev–Trinajstić information content (AvgIpc) is 2.61. The zero-order chi connectivity index (χ0) is 21.3. The van der Waals surface area contributed by atoms with Crippen LogP contribution in [0.15, 0.2) is 36.4 Å². The van der Waals surface area contributed by atoms with Gasteiger partial charge in [-0.25, -0.2) is 0 Å². The summed E-state index contributed by atoms with van der Waals surface area (Å²) in [7, 11) is 0. The van der Waals surface area contributed by atoms with E-state index >= 15 is 0 Å². The number of halogens is 4. The van der Waals surface area contributed by atoms with Crippen LogP contribution in [0.25, 0.3) is 0 Å². The monoisotopic (exact) mass is 396 g/mol.